The molecule has 0 saturated carbocycles. The predicted molar refractivity (Wildman–Crippen MR) is 110 cm³/mol. The Kier molecular flexibility index (Phi) is 6.93. The number of rotatable bonds is 5. The Morgan fingerprint density at radius 3 is 1.93 bits per heavy atom. The zero-order valence-corrected chi connectivity index (χ0v) is 17.1. The van der Waals surface area contributed by atoms with E-state index in [2.05, 4.69) is 5.32 Å². The van der Waals surface area contributed by atoms with Gasteiger partial charge in [0.15, 0.2) is 0 Å². The van der Waals surface area contributed by atoms with E-state index >= 15 is 0 Å². The number of carbonyl (C=O) groups is 1. The summed E-state index contributed by atoms with van der Waals surface area (Å²) >= 11 is 0. The molecule has 0 bridgehead atoms. The number of phenolic OH excluding ortho intramolecular Hbond substituents is 1. The third-order valence-electron chi connectivity index (χ3n) is 4.61. The van der Waals surface area contributed by atoms with E-state index in [9.17, 15) is 28.3 Å². The maximum atomic E-state index is 13.6. The SMILES string of the molecule is CC(C)c1cc(C(C(=O)Nc2ccccc2)=C(C#N)C(F)(F)F)cc(C(C)C)c1O. The molecule has 2 N–H and O–H groups in total. The molecule has 30 heavy (non-hydrogen) atoms. The van der Waals surface area contributed by atoms with Gasteiger partial charge in [-0.25, -0.2) is 0 Å². The summed E-state index contributed by atoms with van der Waals surface area (Å²) in [5.74, 6) is -1.49. The van der Waals surface area contributed by atoms with Crippen LogP contribution >= 0.6 is 0 Å². The van der Waals surface area contributed by atoms with Crippen LogP contribution in [0.3, 0.4) is 0 Å². The number of aromatic hydroxyl groups is 1. The fraction of sp³-hybridized carbons (Fsp3) is 0.304. The lowest BCUT2D eigenvalue weighted by molar-refractivity contribution is -0.112. The minimum absolute atomic E-state index is 0.0166. The van der Waals surface area contributed by atoms with Crippen molar-refractivity contribution < 1.29 is 23.1 Å². The van der Waals surface area contributed by atoms with Crippen molar-refractivity contribution in [1.29, 1.82) is 5.26 Å². The number of allylic oxidation sites excluding steroid dienone is 1. The molecule has 0 radical (unpaired) electrons. The van der Waals surface area contributed by atoms with Gasteiger partial charge in [-0.15, -0.1) is 0 Å². The van der Waals surface area contributed by atoms with Crippen molar-refractivity contribution in [2.24, 2.45) is 0 Å². The number of benzene rings is 2. The first kappa shape index (κ1) is 23.0. The number of amides is 1. The summed E-state index contributed by atoms with van der Waals surface area (Å²) < 4.78 is 40.9. The number of anilines is 1. The summed E-state index contributed by atoms with van der Waals surface area (Å²) in [7, 11) is 0. The van der Waals surface area contributed by atoms with Gasteiger partial charge in [-0.1, -0.05) is 45.9 Å². The van der Waals surface area contributed by atoms with E-state index in [-0.39, 0.29) is 23.1 Å². The normalized spacial score (nSPS) is 12.5. The Labute approximate surface area is 173 Å². The minimum Gasteiger partial charge on any atom is -0.507 e. The van der Waals surface area contributed by atoms with Gasteiger partial charge in [0, 0.05) is 5.69 Å². The van der Waals surface area contributed by atoms with Crippen molar-refractivity contribution in [1.82, 2.24) is 0 Å². The molecule has 7 heteroatoms. The van der Waals surface area contributed by atoms with Crippen LogP contribution in [0, 0.1) is 11.3 Å². The highest BCUT2D eigenvalue weighted by Gasteiger charge is 2.39. The van der Waals surface area contributed by atoms with Gasteiger partial charge in [-0.2, -0.15) is 18.4 Å². The van der Waals surface area contributed by atoms with Crippen molar-refractivity contribution in [2.45, 2.75) is 45.7 Å². The monoisotopic (exact) mass is 416 g/mol. The maximum absolute atomic E-state index is 13.6. The second-order valence-corrected chi connectivity index (χ2v) is 7.49. The van der Waals surface area contributed by atoms with Gasteiger partial charge in [0.05, 0.1) is 5.57 Å². The molecule has 0 spiro atoms. The first-order valence-corrected chi connectivity index (χ1v) is 9.42. The van der Waals surface area contributed by atoms with Crippen LogP contribution in [0.4, 0.5) is 18.9 Å². The van der Waals surface area contributed by atoms with E-state index in [1.807, 2.05) is 0 Å². The van der Waals surface area contributed by atoms with Gasteiger partial charge in [0.2, 0.25) is 0 Å². The molecule has 0 unspecified atom stereocenters. The Morgan fingerprint density at radius 2 is 1.53 bits per heavy atom. The second-order valence-electron chi connectivity index (χ2n) is 7.49. The van der Waals surface area contributed by atoms with Crippen LogP contribution in [0.5, 0.6) is 5.75 Å². The molecule has 0 aliphatic heterocycles. The van der Waals surface area contributed by atoms with Crippen LogP contribution in [0.15, 0.2) is 48.0 Å². The molecular weight excluding hydrogens is 393 g/mol. The van der Waals surface area contributed by atoms with Crippen molar-refractivity contribution in [3.05, 3.63) is 64.7 Å². The minimum atomic E-state index is -5.02. The number of nitrogens with one attached hydrogen (secondary N) is 1. The predicted octanol–water partition coefficient (Wildman–Crippen LogP) is 6.12. The van der Waals surface area contributed by atoms with E-state index in [1.165, 1.54) is 24.3 Å². The zero-order valence-electron chi connectivity index (χ0n) is 17.1. The first-order chi connectivity index (χ1) is 14.0. The van der Waals surface area contributed by atoms with E-state index in [4.69, 9.17) is 0 Å². The van der Waals surface area contributed by atoms with Gasteiger partial charge < -0.3 is 10.4 Å². The van der Waals surface area contributed by atoms with Crippen LogP contribution in [0.1, 0.15) is 56.2 Å². The zero-order chi connectivity index (χ0) is 22.6. The van der Waals surface area contributed by atoms with E-state index in [0.29, 0.717) is 16.8 Å². The van der Waals surface area contributed by atoms with E-state index in [1.54, 1.807) is 45.9 Å². The third kappa shape index (κ3) is 5.01. The summed E-state index contributed by atoms with van der Waals surface area (Å²) in [4.78, 5) is 12.9. The molecule has 0 aromatic heterocycles. The fourth-order valence-corrected chi connectivity index (χ4v) is 3.07. The summed E-state index contributed by atoms with van der Waals surface area (Å²) in [6.45, 7) is 7.13. The average molecular weight is 416 g/mol. The Morgan fingerprint density at radius 1 is 1.03 bits per heavy atom. The lowest BCUT2D eigenvalue weighted by atomic mass is 9.88. The number of hydrogen-bond acceptors (Lipinski definition) is 3. The molecule has 0 saturated heterocycles. The molecule has 2 aromatic carbocycles. The Bertz CT molecular complexity index is 972. The molecule has 0 atom stereocenters. The molecule has 158 valence electrons. The maximum Gasteiger partial charge on any atom is 0.427 e. The molecule has 0 aliphatic carbocycles. The molecule has 4 nitrogen and oxygen atoms in total. The number of para-hydroxylation sites is 1. The van der Waals surface area contributed by atoms with Crippen LogP contribution in [-0.4, -0.2) is 17.2 Å². The molecule has 0 aliphatic rings. The van der Waals surface area contributed by atoms with Crippen molar-refractivity contribution in [2.75, 3.05) is 5.32 Å². The largest absolute Gasteiger partial charge is 0.507 e. The molecule has 1 amide bonds. The molecule has 0 heterocycles. The van der Waals surface area contributed by atoms with Crippen LogP contribution < -0.4 is 5.32 Å². The standard InChI is InChI=1S/C23H23F3N2O2/c1-13(2)17-10-15(11-18(14(3)4)21(17)29)20(19(12-27)23(24,25)26)22(30)28-16-8-6-5-7-9-16/h5-11,13-14,29H,1-4H3,(H,28,30). The number of hydrogen-bond donors (Lipinski definition) is 2. The fourth-order valence-electron chi connectivity index (χ4n) is 3.07. The smallest absolute Gasteiger partial charge is 0.427 e. The molecule has 2 rings (SSSR count). The van der Waals surface area contributed by atoms with Gasteiger partial charge in [-0.05, 0) is 52.8 Å². The number of nitrogens with zero attached hydrogens (tertiary/aromatic N) is 1. The van der Waals surface area contributed by atoms with Crippen molar-refractivity contribution in [3.63, 3.8) is 0 Å². The second kappa shape index (κ2) is 9.04. The third-order valence-corrected chi connectivity index (χ3v) is 4.61. The lowest BCUT2D eigenvalue weighted by Gasteiger charge is -2.20. The van der Waals surface area contributed by atoms with Crippen molar-refractivity contribution in [3.8, 4) is 11.8 Å². The topological polar surface area (TPSA) is 73.1 Å². The van der Waals surface area contributed by atoms with E-state index < -0.39 is 23.2 Å². The molecule has 2 aromatic rings. The number of carbonyl (C=O) groups excluding carboxylic acids is 1. The average Bonchev–Trinajstić information content (AvgIpc) is 2.65. The molecule has 0 fully saturated rings. The summed E-state index contributed by atoms with van der Waals surface area (Å²) in [6, 6.07) is 11.9. The Balaban J connectivity index is 2.80. The highest BCUT2D eigenvalue weighted by atomic mass is 19.4. The van der Waals surface area contributed by atoms with Gasteiger partial charge in [0.1, 0.15) is 17.4 Å². The summed E-state index contributed by atoms with van der Waals surface area (Å²) in [5.41, 5.74) is -1.33. The highest BCUT2D eigenvalue weighted by Crippen LogP contribution is 2.39. The first-order valence-electron chi connectivity index (χ1n) is 9.42. The van der Waals surface area contributed by atoms with Gasteiger partial charge in [-0.3, -0.25) is 4.79 Å². The van der Waals surface area contributed by atoms with Crippen LogP contribution in [0.25, 0.3) is 5.57 Å². The number of phenols is 1. The molecular formula is C23H23F3N2O2. The number of nitriles is 1. The van der Waals surface area contributed by atoms with Gasteiger partial charge >= 0.3 is 6.18 Å². The summed E-state index contributed by atoms with van der Waals surface area (Å²) in [5, 5.41) is 22.3. The quantitative estimate of drug-likeness (QED) is 0.456. The number of halogens is 3. The summed E-state index contributed by atoms with van der Waals surface area (Å²) in [6.07, 6.45) is -5.02. The lowest BCUT2D eigenvalue weighted by Crippen LogP contribution is -2.21. The van der Waals surface area contributed by atoms with Crippen LogP contribution in [-0.2, 0) is 4.79 Å². The number of alkyl halides is 3. The van der Waals surface area contributed by atoms with Crippen molar-refractivity contribution >= 4 is 17.2 Å². The highest BCUT2D eigenvalue weighted by molar-refractivity contribution is 6.27. The van der Waals surface area contributed by atoms with Gasteiger partial charge in [0.25, 0.3) is 5.91 Å². The van der Waals surface area contributed by atoms with Crippen LogP contribution in [0.2, 0.25) is 0 Å². The van der Waals surface area contributed by atoms with E-state index in [0.717, 1.165) is 6.07 Å². The Hall–Kier alpha value is -3.27.